The van der Waals surface area contributed by atoms with Crippen molar-refractivity contribution in [3.05, 3.63) is 22.7 Å². The SMILES string of the molecule is Cl.O=C(CCc1nc(-c2ccsc2)no1)NCC1CCCN1. The Bertz CT molecular complexity index is 581. The molecule has 0 saturated carbocycles. The first-order chi connectivity index (χ1) is 10.3. The van der Waals surface area contributed by atoms with Gasteiger partial charge in [0.05, 0.1) is 0 Å². The van der Waals surface area contributed by atoms with Gasteiger partial charge in [-0.25, -0.2) is 0 Å². The van der Waals surface area contributed by atoms with E-state index in [1.807, 2.05) is 16.8 Å². The molecule has 2 aromatic heterocycles. The maximum absolute atomic E-state index is 11.8. The lowest BCUT2D eigenvalue weighted by Crippen LogP contribution is -2.37. The number of nitrogens with one attached hydrogen (secondary N) is 2. The topological polar surface area (TPSA) is 80.0 Å². The van der Waals surface area contributed by atoms with Crippen molar-refractivity contribution in [1.29, 1.82) is 0 Å². The Morgan fingerprint density at radius 1 is 1.55 bits per heavy atom. The van der Waals surface area contributed by atoms with E-state index in [4.69, 9.17) is 4.52 Å². The smallest absolute Gasteiger partial charge is 0.227 e. The molecule has 8 heteroatoms. The standard InChI is InChI=1S/C14H18N4O2S.ClH/c19-12(16-8-11-2-1-6-15-11)3-4-13-17-14(18-20-13)10-5-7-21-9-10;/h5,7,9,11,15H,1-4,6,8H2,(H,16,19);1H. The summed E-state index contributed by atoms with van der Waals surface area (Å²) in [7, 11) is 0. The highest BCUT2D eigenvalue weighted by atomic mass is 35.5. The summed E-state index contributed by atoms with van der Waals surface area (Å²) in [6.07, 6.45) is 3.17. The summed E-state index contributed by atoms with van der Waals surface area (Å²) in [6, 6.07) is 2.36. The Labute approximate surface area is 139 Å². The molecule has 0 bridgehead atoms. The molecular weight excluding hydrogens is 324 g/mol. The van der Waals surface area contributed by atoms with Crippen molar-refractivity contribution in [2.45, 2.75) is 31.7 Å². The fourth-order valence-corrected chi connectivity index (χ4v) is 2.98. The molecule has 120 valence electrons. The summed E-state index contributed by atoms with van der Waals surface area (Å²) >= 11 is 1.59. The van der Waals surface area contributed by atoms with Crippen LogP contribution in [0.15, 0.2) is 21.3 Å². The molecule has 6 nitrogen and oxygen atoms in total. The van der Waals surface area contributed by atoms with Gasteiger partial charge in [0.15, 0.2) is 0 Å². The van der Waals surface area contributed by atoms with Gasteiger partial charge in [0.2, 0.25) is 17.6 Å². The van der Waals surface area contributed by atoms with Gasteiger partial charge in [-0.15, -0.1) is 12.4 Å². The second-order valence-corrected chi connectivity index (χ2v) is 5.90. The van der Waals surface area contributed by atoms with Crippen LogP contribution in [0.25, 0.3) is 11.4 Å². The number of halogens is 1. The predicted molar refractivity (Wildman–Crippen MR) is 87.2 cm³/mol. The van der Waals surface area contributed by atoms with Crippen molar-refractivity contribution in [1.82, 2.24) is 20.8 Å². The van der Waals surface area contributed by atoms with Crippen molar-refractivity contribution < 1.29 is 9.32 Å². The molecule has 3 rings (SSSR count). The molecule has 1 atom stereocenters. The van der Waals surface area contributed by atoms with Gasteiger partial charge in [0, 0.05) is 36.4 Å². The Kier molecular flexibility index (Phi) is 6.35. The van der Waals surface area contributed by atoms with E-state index < -0.39 is 0 Å². The van der Waals surface area contributed by atoms with E-state index in [1.165, 1.54) is 6.42 Å². The molecule has 0 aromatic carbocycles. The van der Waals surface area contributed by atoms with Gasteiger partial charge < -0.3 is 15.2 Å². The van der Waals surface area contributed by atoms with Crippen molar-refractivity contribution in [3.8, 4) is 11.4 Å². The molecule has 22 heavy (non-hydrogen) atoms. The van der Waals surface area contributed by atoms with Crippen LogP contribution in [0.5, 0.6) is 0 Å². The van der Waals surface area contributed by atoms with Gasteiger partial charge in [-0.05, 0) is 30.8 Å². The zero-order chi connectivity index (χ0) is 14.5. The number of amides is 1. The molecule has 0 aliphatic carbocycles. The third-order valence-electron chi connectivity index (χ3n) is 3.52. The largest absolute Gasteiger partial charge is 0.355 e. The van der Waals surface area contributed by atoms with Crippen LogP contribution in [0.2, 0.25) is 0 Å². The summed E-state index contributed by atoms with van der Waals surface area (Å²) in [4.78, 5) is 16.1. The molecule has 2 aromatic rings. The Hall–Kier alpha value is -1.44. The number of carbonyl (C=O) groups is 1. The van der Waals surface area contributed by atoms with Crippen molar-refractivity contribution in [2.75, 3.05) is 13.1 Å². The average Bonchev–Trinajstić information content (AvgIpc) is 3.24. The van der Waals surface area contributed by atoms with Gasteiger partial charge in [-0.2, -0.15) is 16.3 Å². The first kappa shape index (κ1) is 16.9. The highest BCUT2D eigenvalue weighted by Crippen LogP contribution is 2.18. The molecule has 1 amide bonds. The molecular formula is C14H19ClN4O2S. The highest BCUT2D eigenvalue weighted by molar-refractivity contribution is 7.08. The third-order valence-corrected chi connectivity index (χ3v) is 4.20. The van der Waals surface area contributed by atoms with Crippen LogP contribution < -0.4 is 10.6 Å². The van der Waals surface area contributed by atoms with E-state index in [-0.39, 0.29) is 18.3 Å². The maximum Gasteiger partial charge on any atom is 0.227 e. The van der Waals surface area contributed by atoms with E-state index in [2.05, 4.69) is 20.8 Å². The number of hydrogen-bond donors (Lipinski definition) is 2. The van der Waals surface area contributed by atoms with Crippen LogP contribution in [0.4, 0.5) is 0 Å². The number of hydrogen-bond acceptors (Lipinski definition) is 6. The second kappa shape index (κ2) is 8.26. The predicted octanol–water partition coefficient (Wildman–Crippen LogP) is 2.02. The maximum atomic E-state index is 11.8. The highest BCUT2D eigenvalue weighted by Gasteiger charge is 2.15. The number of aromatic nitrogens is 2. The summed E-state index contributed by atoms with van der Waals surface area (Å²) < 4.78 is 5.17. The molecule has 1 fully saturated rings. The molecule has 3 heterocycles. The van der Waals surface area contributed by atoms with Crippen molar-refractivity contribution in [2.24, 2.45) is 0 Å². The Balaban J connectivity index is 0.00000176. The van der Waals surface area contributed by atoms with Gasteiger partial charge in [0.1, 0.15) is 0 Å². The minimum atomic E-state index is 0. The Morgan fingerprint density at radius 3 is 3.18 bits per heavy atom. The van der Waals surface area contributed by atoms with Crippen LogP contribution in [0, 0.1) is 0 Å². The van der Waals surface area contributed by atoms with E-state index in [9.17, 15) is 4.79 Å². The fourth-order valence-electron chi connectivity index (χ4n) is 2.34. The lowest BCUT2D eigenvalue weighted by Gasteiger charge is -2.10. The number of aryl methyl sites for hydroxylation is 1. The van der Waals surface area contributed by atoms with E-state index in [1.54, 1.807) is 11.3 Å². The molecule has 1 unspecified atom stereocenters. The molecule has 1 saturated heterocycles. The van der Waals surface area contributed by atoms with E-state index >= 15 is 0 Å². The van der Waals surface area contributed by atoms with Crippen LogP contribution in [0.3, 0.4) is 0 Å². The number of nitrogens with zero attached hydrogens (tertiary/aromatic N) is 2. The average molecular weight is 343 g/mol. The summed E-state index contributed by atoms with van der Waals surface area (Å²) in [5.41, 5.74) is 0.951. The van der Waals surface area contributed by atoms with Gasteiger partial charge >= 0.3 is 0 Å². The summed E-state index contributed by atoms with van der Waals surface area (Å²) in [5, 5.41) is 14.2. The third kappa shape index (κ3) is 4.53. The van der Waals surface area contributed by atoms with Crippen LogP contribution in [-0.4, -0.2) is 35.2 Å². The molecule has 2 N–H and O–H groups in total. The molecule has 1 aliphatic rings. The molecule has 0 spiro atoms. The normalized spacial score (nSPS) is 17.2. The molecule has 1 aliphatic heterocycles. The van der Waals surface area contributed by atoms with Crippen LogP contribution >= 0.6 is 23.7 Å². The minimum Gasteiger partial charge on any atom is -0.355 e. The fraction of sp³-hybridized carbons (Fsp3) is 0.500. The number of carbonyl (C=O) groups excluding carboxylic acids is 1. The quantitative estimate of drug-likeness (QED) is 0.839. The first-order valence-electron chi connectivity index (χ1n) is 7.16. The van der Waals surface area contributed by atoms with Gasteiger partial charge in [-0.1, -0.05) is 5.16 Å². The zero-order valence-electron chi connectivity index (χ0n) is 12.1. The lowest BCUT2D eigenvalue weighted by atomic mass is 10.2. The number of thiophene rings is 1. The van der Waals surface area contributed by atoms with E-state index in [0.717, 1.165) is 18.5 Å². The van der Waals surface area contributed by atoms with Crippen molar-refractivity contribution in [3.63, 3.8) is 0 Å². The summed E-state index contributed by atoms with van der Waals surface area (Å²) in [5.74, 6) is 1.12. The van der Waals surface area contributed by atoms with Crippen molar-refractivity contribution >= 4 is 29.7 Å². The number of rotatable bonds is 6. The van der Waals surface area contributed by atoms with Gasteiger partial charge in [0.25, 0.3) is 0 Å². The monoisotopic (exact) mass is 342 g/mol. The second-order valence-electron chi connectivity index (χ2n) is 5.12. The zero-order valence-corrected chi connectivity index (χ0v) is 13.7. The minimum absolute atomic E-state index is 0. The molecule has 0 radical (unpaired) electrons. The van der Waals surface area contributed by atoms with Crippen LogP contribution in [-0.2, 0) is 11.2 Å². The summed E-state index contributed by atoms with van der Waals surface area (Å²) in [6.45, 7) is 1.75. The lowest BCUT2D eigenvalue weighted by molar-refractivity contribution is -0.121. The first-order valence-corrected chi connectivity index (χ1v) is 8.11. The Morgan fingerprint density at radius 2 is 2.45 bits per heavy atom. The van der Waals surface area contributed by atoms with Gasteiger partial charge in [-0.3, -0.25) is 4.79 Å². The van der Waals surface area contributed by atoms with Crippen LogP contribution in [0.1, 0.15) is 25.2 Å². The van der Waals surface area contributed by atoms with E-state index in [0.29, 0.717) is 37.1 Å².